The molecule has 118 valence electrons. The molecule has 1 rings (SSSR count). The summed E-state index contributed by atoms with van der Waals surface area (Å²) in [5.74, 6) is -0.0338. The topological polar surface area (TPSA) is 41.6 Å². The van der Waals surface area contributed by atoms with Gasteiger partial charge in [0.15, 0.2) is 0 Å². The van der Waals surface area contributed by atoms with Gasteiger partial charge in [-0.1, -0.05) is 13.8 Å². The van der Waals surface area contributed by atoms with Crippen LogP contribution < -0.4 is 5.32 Å². The number of nitrogens with one attached hydrogen (secondary N) is 1. The largest absolute Gasteiger partial charge is 0.364 e. The average molecular weight is 292 g/mol. The molecule has 0 aromatic heterocycles. The van der Waals surface area contributed by atoms with Crippen molar-refractivity contribution in [2.75, 3.05) is 20.6 Å². The van der Waals surface area contributed by atoms with Crippen LogP contribution in [0.4, 0.5) is 8.78 Å². The standard InChI is InChI=1S/C14H26F2N2O2/c1-9(14(2,3)13(15)16)17-8-10-6-7-11(20-10)12(19)18(4)5/h9-11,13,17H,6-8H2,1-5H3. The monoisotopic (exact) mass is 292 g/mol. The van der Waals surface area contributed by atoms with Crippen LogP contribution in [0, 0.1) is 5.41 Å². The number of nitrogens with zero attached hydrogens (tertiary/aromatic N) is 1. The Kier molecular flexibility index (Phi) is 5.89. The Morgan fingerprint density at radius 3 is 2.50 bits per heavy atom. The number of ether oxygens (including phenoxy) is 1. The number of likely N-dealkylation sites (N-methyl/N-ethyl adjacent to an activating group) is 1. The van der Waals surface area contributed by atoms with E-state index >= 15 is 0 Å². The summed E-state index contributed by atoms with van der Waals surface area (Å²) in [5, 5.41) is 3.10. The zero-order valence-electron chi connectivity index (χ0n) is 13.0. The second-order valence-corrected chi connectivity index (χ2v) is 6.31. The van der Waals surface area contributed by atoms with Gasteiger partial charge in [-0.25, -0.2) is 8.78 Å². The fourth-order valence-corrected chi connectivity index (χ4v) is 2.09. The highest BCUT2D eigenvalue weighted by atomic mass is 19.3. The highest BCUT2D eigenvalue weighted by Gasteiger charge is 2.37. The van der Waals surface area contributed by atoms with Gasteiger partial charge in [-0.15, -0.1) is 0 Å². The maximum Gasteiger partial charge on any atom is 0.251 e. The van der Waals surface area contributed by atoms with Crippen molar-refractivity contribution in [1.82, 2.24) is 10.2 Å². The number of hydrogen-bond donors (Lipinski definition) is 1. The lowest BCUT2D eigenvalue weighted by Gasteiger charge is -2.32. The lowest BCUT2D eigenvalue weighted by molar-refractivity contribution is -0.140. The molecule has 0 aliphatic carbocycles. The van der Waals surface area contributed by atoms with E-state index in [4.69, 9.17) is 4.74 Å². The molecule has 1 aliphatic rings. The Labute approximate surface area is 119 Å². The van der Waals surface area contributed by atoms with Gasteiger partial charge in [0.25, 0.3) is 5.91 Å². The number of carbonyl (C=O) groups is 1. The number of hydrogen-bond acceptors (Lipinski definition) is 3. The molecule has 0 bridgehead atoms. The smallest absolute Gasteiger partial charge is 0.251 e. The first-order valence-electron chi connectivity index (χ1n) is 7.04. The fraction of sp³-hybridized carbons (Fsp3) is 0.929. The van der Waals surface area contributed by atoms with Crippen LogP contribution in [0.1, 0.15) is 33.6 Å². The Morgan fingerprint density at radius 1 is 1.40 bits per heavy atom. The SMILES string of the molecule is CC(NCC1CCC(C(=O)N(C)C)O1)C(C)(C)C(F)F. The highest BCUT2D eigenvalue weighted by Crippen LogP contribution is 2.29. The summed E-state index contributed by atoms with van der Waals surface area (Å²) in [4.78, 5) is 13.3. The van der Waals surface area contributed by atoms with E-state index in [0.717, 1.165) is 6.42 Å². The molecule has 0 saturated carbocycles. The number of amides is 1. The summed E-state index contributed by atoms with van der Waals surface area (Å²) in [6.07, 6.45) is -1.39. The van der Waals surface area contributed by atoms with Gasteiger partial charge >= 0.3 is 0 Å². The molecule has 1 saturated heterocycles. The van der Waals surface area contributed by atoms with E-state index in [9.17, 15) is 13.6 Å². The molecule has 4 nitrogen and oxygen atoms in total. The van der Waals surface area contributed by atoms with Gasteiger partial charge in [0.2, 0.25) is 6.43 Å². The highest BCUT2D eigenvalue weighted by molar-refractivity contribution is 5.80. The van der Waals surface area contributed by atoms with Crippen LogP contribution in [-0.2, 0) is 9.53 Å². The molecule has 1 fully saturated rings. The zero-order valence-corrected chi connectivity index (χ0v) is 13.0. The zero-order chi connectivity index (χ0) is 15.5. The molecule has 1 aliphatic heterocycles. The molecular weight excluding hydrogens is 266 g/mol. The molecule has 3 atom stereocenters. The van der Waals surface area contributed by atoms with Crippen LogP contribution in [0.15, 0.2) is 0 Å². The molecule has 0 aromatic carbocycles. The average Bonchev–Trinajstić information content (AvgIpc) is 2.83. The van der Waals surface area contributed by atoms with Crippen molar-refractivity contribution in [2.45, 2.75) is 58.3 Å². The minimum absolute atomic E-state index is 0.0338. The van der Waals surface area contributed by atoms with Crippen LogP contribution in [0.2, 0.25) is 0 Å². The van der Waals surface area contributed by atoms with Gasteiger partial charge in [-0.3, -0.25) is 4.79 Å². The molecule has 1 heterocycles. The van der Waals surface area contributed by atoms with E-state index < -0.39 is 17.9 Å². The summed E-state index contributed by atoms with van der Waals surface area (Å²) in [6, 6.07) is -0.324. The van der Waals surface area contributed by atoms with Crippen LogP contribution in [0.5, 0.6) is 0 Å². The van der Waals surface area contributed by atoms with Crippen molar-refractivity contribution in [3.05, 3.63) is 0 Å². The third-order valence-corrected chi connectivity index (χ3v) is 4.15. The summed E-state index contributed by atoms with van der Waals surface area (Å²) in [5.41, 5.74) is -1.09. The molecule has 6 heteroatoms. The van der Waals surface area contributed by atoms with E-state index in [-0.39, 0.29) is 18.1 Å². The lowest BCUT2D eigenvalue weighted by atomic mass is 9.86. The summed E-state index contributed by atoms with van der Waals surface area (Å²) < 4.78 is 31.5. The number of alkyl halides is 2. The van der Waals surface area contributed by atoms with Crippen molar-refractivity contribution < 1.29 is 18.3 Å². The summed E-state index contributed by atoms with van der Waals surface area (Å²) in [6.45, 7) is 5.34. The van der Waals surface area contributed by atoms with Crippen LogP contribution in [-0.4, -0.2) is 56.1 Å². The van der Waals surface area contributed by atoms with Gasteiger partial charge in [-0.05, 0) is 19.8 Å². The second-order valence-electron chi connectivity index (χ2n) is 6.31. The van der Waals surface area contributed by atoms with Crippen molar-refractivity contribution in [3.8, 4) is 0 Å². The molecule has 1 N–H and O–H groups in total. The van der Waals surface area contributed by atoms with Crippen LogP contribution in [0.3, 0.4) is 0 Å². The molecule has 0 radical (unpaired) electrons. The number of halogens is 2. The molecule has 0 aromatic rings. The van der Waals surface area contributed by atoms with Crippen LogP contribution in [0.25, 0.3) is 0 Å². The van der Waals surface area contributed by atoms with Crippen molar-refractivity contribution in [2.24, 2.45) is 5.41 Å². The quantitative estimate of drug-likeness (QED) is 0.813. The summed E-state index contributed by atoms with van der Waals surface area (Å²) in [7, 11) is 3.40. The van der Waals surface area contributed by atoms with Crippen LogP contribution >= 0.6 is 0 Å². The van der Waals surface area contributed by atoms with Gasteiger partial charge in [0.05, 0.1) is 6.10 Å². The molecule has 0 spiro atoms. The van der Waals surface area contributed by atoms with E-state index in [0.29, 0.717) is 13.0 Å². The van der Waals surface area contributed by atoms with Crippen molar-refractivity contribution >= 4 is 5.91 Å². The van der Waals surface area contributed by atoms with Gasteiger partial charge in [0.1, 0.15) is 6.10 Å². The fourth-order valence-electron chi connectivity index (χ4n) is 2.09. The molecular formula is C14H26F2N2O2. The predicted octanol–water partition coefficient (Wildman–Crippen LogP) is 1.89. The third kappa shape index (κ3) is 4.12. The number of carbonyl (C=O) groups excluding carboxylic acids is 1. The predicted molar refractivity (Wildman–Crippen MR) is 73.8 cm³/mol. The minimum Gasteiger partial charge on any atom is -0.364 e. The van der Waals surface area contributed by atoms with E-state index in [1.54, 1.807) is 34.9 Å². The van der Waals surface area contributed by atoms with Crippen molar-refractivity contribution in [1.29, 1.82) is 0 Å². The number of rotatable bonds is 6. The normalized spacial score (nSPS) is 25.0. The van der Waals surface area contributed by atoms with Gasteiger partial charge < -0.3 is 15.0 Å². The lowest BCUT2D eigenvalue weighted by Crippen LogP contribution is -2.46. The Morgan fingerprint density at radius 2 is 2.00 bits per heavy atom. The Hall–Kier alpha value is -0.750. The summed E-state index contributed by atoms with van der Waals surface area (Å²) >= 11 is 0. The Balaban J connectivity index is 2.40. The minimum atomic E-state index is -2.38. The van der Waals surface area contributed by atoms with E-state index in [2.05, 4.69) is 5.32 Å². The third-order valence-electron chi connectivity index (χ3n) is 4.15. The first kappa shape index (κ1) is 17.3. The van der Waals surface area contributed by atoms with Crippen molar-refractivity contribution in [3.63, 3.8) is 0 Å². The molecule has 1 amide bonds. The molecule has 20 heavy (non-hydrogen) atoms. The first-order chi connectivity index (χ1) is 9.16. The van der Waals surface area contributed by atoms with Gasteiger partial charge in [-0.2, -0.15) is 0 Å². The van der Waals surface area contributed by atoms with Gasteiger partial charge in [0, 0.05) is 32.1 Å². The maximum absolute atomic E-state index is 12.9. The maximum atomic E-state index is 12.9. The second kappa shape index (κ2) is 6.80. The van der Waals surface area contributed by atoms with E-state index in [1.165, 1.54) is 4.90 Å². The molecule has 3 unspecified atom stereocenters. The first-order valence-corrected chi connectivity index (χ1v) is 7.04. The van der Waals surface area contributed by atoms with E-state index in [1.807, 2.05) is 0 Å². The Bertz CT molecular complexity index is 335.